The van der Waals surface area contributed by atoms with Crippen molar-refractivity contribution in [3.05, 3.63) is 18.0 Å². The predicted molar refractivity (Wildman–Crippen MR) is 65.6 cm³/mol. The molecule has 0 saturated carbocycles. The molecule has 0 aliphatic carbocycles. The number of carboxylic acids is 1. The average Bonchev–Trinajstić information content (AvgIpc) is 2.78. The first-order valence-corrected chi connectivity index (χ1v) is 5.90. The molecule has 0 aromatic carbocycles. The highest BCUT2D eigenvalue weighted by Crippen LogP contribution is 2.18. The van der Waals surface area contributed by atoms with Crippen LogP contribution in [0.3, 0.4) is 0 Å². The number of carboxylic acid groups (broad SMARTS) is 1. The lowest BCUT2D eigenvalue weighted by atomic mass is 10.1. The highest BCUT2D eigenvalue weighted by atomic mass is 19.3. The van der Waals surface area contributed by atoms with E-state index in [1.807, 2.05) is 0 Å². The van der Waals surface area contributed by atoms with Gasteiger partial charge in [0.2, 0.25) is 5.82 Å². The number of aliphatic carboxylic acids is 1. The van der Waals surface area contributed by atoms with Gasteiger partial charge in [0, 0.05) is 0 Å². The maximum absolute atomic E-state index is 12.7. The Hall–Kier alpha value is -2.32. The van der Waals surface area contributed by atoms with E-state index in [4.69, 9.17) is 5.11 Å². The molecule has 2 aromatic heterocycles. The summed E-state index contributed by atoms with van der Waals surface area (Å²) < 4.78 is 26.3. The van der Waals surface area contributed by atoms with E-state index in [1.165, 1.54) is 12.1 Å². The van der Waals surface area contributed by atoms with E-state index in [0.717, 1.165) is 4.52 Å². The number of anilines is 1. The number of fused-ring (bicyclic) bond motifs is 1. The van der Waals surface area contributed by atoms with Crippen molar-refractivity contribution in [2.45, 2.75) is 26.3 Å². The molecule has 2 aromatic rings. The van der Waals surface area contributed by atoms with Gasteiger partial charge in [0.05, 0.1) is 0 Å². The summed E-state index contributed by atoms with van der Waals surface area (Å²) in [4.78, 5) is 11.1. The van der Waals surface area contributed by atoms with Crippen LogP contribution >= 0.6 is 0 Å². The number of hydrogen-bond donors (Lipinski definition) is 2. The summed E-state index contributed by atoms with van der Waals surface area (Å²) in [5.74, 6) is -1.65. The van der Waals surface area contributed by atoms with Crippen molar-refractivity contribution in [1.29, 1.82) is 0 Å². The van der Waals surface area contributed by atoms with Gasteiger partial charge >= 0.3 is 5.97 Å². The van der Waals surface area contributed by atoms with Crippen molar-refractivity contribution in [2.24, 2.45) is 5.92 Å². The van der Waals surface area contributed by atoms with Crippen LogP contribution in [0.15, 0.2) is 12.1 Å². The molecule has 0 fully saturated rings. The van der Waals surface area contributed by atoms with Gasteiger partial charge in [-0.15, -0.1) is 15.3 Å². The Balaban J connectivity index is 2.35. The maximum Gasteiger partial charge on any atom is 0.326 e. The number of nitrogens with one attached hydrogen (secondary N) is 1. The Kier molecular flexibility index (Phi) is 3.77. The minimum absolute atomic E-state index is 0.167. The molecule has 108 valence electrons. The van der Waals surface area contributed by atoms with Gasteiger partial charge in [0.1, 0.15) is 11.9 Å². The summed E-state index contributed by atoms with van der Waals surface area (Å²) in [5, 5.41) is 22.6. The molecule has 2 N–H and O–H groups in total. The lowest BCUT2D eigenvalue weighted by Gasteiger charge is -2.18. The monoisotopic (exact) mass is 285 g/mol. The molecule has 0 amide bonds. The predicted octanol–water partition coefficient (Wildman–Crippen LogP) is 1.58. The Bertz CT molecular complexity index is 628. The third-order valence-electron chi connectivity index (χ3n) is 2.72. The Morgan fingerprint density at radius 1 is 1.35 bits per heavy atom. The summed E-state index contributed by atoms with van der Waals surface area (Å²) in [7, 11) is 0. The fraction of sp³-hybridized carbons (Fsp3) is 0.455. The largest absolute Gasteiger partial charge is 0.480 e. The molecular formula is C11H13F2N5O2. The average molecular weight is 285 g/mol. The first-order chi connectivity index (χ1) is 9.40. The van der Waals surface area contributed by atoms with Gasteiger partial charge in [-0.05, 0) is 18.1 Å². The van der Waals surface area contributed by atoms with Crippen LogP contribution in [0.25, 0.3) is 5.65 Å². The summed E-state index contributed by atoms with van der Waals surface area (Å²) in [6.45, 7) is 3.46. The third-order valence-corrected chi connectivity index (χ3v) is 2.72. The second-order valence-corrected chi connectivity index (χ2v) is 4.55. The zero-order valence-electron chi connectivity index (χ0n) is 10.8. The molecule has 0 aliphatic heterocycles. The third kappa shape index (κ3) is 2.65. The topological polar surface area (TPSA) is 92.4 Å². The van der Waals surface area contributed by atoms with Gasteiger partial charge in [0.15, 0.2) is 5.65 Å². The van der Waals surface area contributed by atoms with Crippen molar-refractivity contribution in [2.75, 3.05) is 5.32 Å². The minimum atomic E-state index is -2.81. The first kappa shape index (κ1) is 14.1. The van der Waals surface area contributed by atoms with Crippen LogP contribution in [0.1, 0.15) is 26.1 Å². The van der Waals surface area contributed by atoms with Crippen molar-refractivity contribution in [3.63, 3.8) is 0 Å². The van der Waals surface area contributed by atoms with E-state index in [9.17, 15) is 13.6 Å². The van der Waals surface area contributed by atoms with E-state index in [0.29, 0.717) is 0 Å². The summed E-state index contributed by atoms with van der Waals surface area (Å²) in [5.41, 5.74) is 0.169. The second-order valence-electron chi connectivity index (χ2n) is 4.55. The van der Waals surface area contributed by atoms with Crippen molar-refractivity contribution < 1.29 is 18.7 Å². The zero-order valence-corrected chi connectivity index (χ0v) is 10.8. The number of alkyl halides is 2. The highest BCUT2D eigenvalue weighted by Gasteiger charge is 2.22. The standard InChI is InChI=1S/C11H13F2N5O2/c1-5(2)8(11(19)20)14-6-3-4-7-15-16-10(9(12)13)18(7)17-6/h3-5,8-9H,1-2H3,(H,14,17)(H,19,20)/t8-/m1/s1. The van der Waals surface area contributed by atoms with Gasteiger partial charge in [-0.2, -0.15) is 4.52 Å². The van der Waals surface area contributed by atoms with Gasteiger partial charge in [0.25, 0.3) is 6.43 Å². The number of aromatic nitrogens is 4. The van der Waals surface area contributed by atoms with Gasteiger partial charge in [-0.3, -0.25) is 0 Å². The number of halogens is 2. The van der Waals surface area contributed by atoms with E-state index >= 15 is 0 Å². The van der Waals surface area contributed by atoms with E-state index in [2.05, 4.69) is 20.6 Å². The molecule has 9 heteroatoms. The molecule has 0 bridgehead atoms. The van der Waals surface area contributed by atoms with Gasteiger partial charge < -0.3 is 10.4 Å². The molecule has 0 spiro atoms. The molecule has 1 atom stereocenters. The number of nitrogens with zero attached hydrogens (tertiary/aromatic N) is 4. The smallest absolute Gasteiger partial charge is 0.326 e. The van der Waals surface area contributed by atoms with Crippen molar-refractivity contribution in [3.8, 4) is 0 Å². The van der Waals surface area contributed by atoms with Crippen LogP contribution in [0.2, 0.25) is 0 Å². The zero-order chi connectivity index (χ0) is 14.9. The molecule has 0 aliphatic rings. The van der Waals surface area contributed by atoms with Gasteiger partial charge in [-0.25, -0.2) is 13.6 Å². The molecule has 20 heavy (non-hydrogen) atoms. The molecule has 7 nitrogen and oxygen atoms in total. The number of carbonyl (C=O) groups is 1. The molecule has 2 rings (SSSR count). The molecule has 0 unspecified atom stereocenters. The highest BCUT2D eigenvalue weighted by molar-refractivity contribution is 5.77. The van der Waals surface area contributed by atoms with Gasteiger partial charge in [-0.1, -0.05) is 13.8 Å². The van der Waals surface area contributed by atoms with Crippen molar-refractivity contribution >= 4 is 17.4 Å². The summed E-state index contributed by atoms with van der Waals surface area (Å²) in [6, 6.07) is 2.04. The van der Waals surface area contributed by atoms with Crippen LogP contribution in [-0.2, 0) is 4.79 Å². The maximum atomic E-state index is 12.7. The summed E-state index contributed by atoms with van der Waals surface area (Å²) >= 11 is 0. The Labute approximate surface area is 112 Å². The lowest BCUT2D eigenvalue weighted by Crippen LogP contribution is -2.34. The molecule has 0 saturated heterocycles. The van der Waals surface area contributed by atoms with Crippen molar-refractivity contribution in [1.82, 2.24) is 19.8 Å². The molecule has 2 heterocycles. The minimum Gasteiger partial charge on any atom is -0.480 e. The quantitative estimate of drug-likeness (QED) is 0.866. The van der Waals surface area contributed by atoms with E-state index in [1.54, 1.807) is 13.8 Å². The number of rotatable bonds is 5. The fourth-order valence-corrected chi connectivity index (χ4v) is 1.69. The van der Waals surface area contributed by atoms with Crippen LogP contribution in [0.5, 0.6) is 0 Å². The normalized spacial score (nSPS) is 13.1. The van der Waals surface area contributed by atoms with Crippen LogP contribution in [0.4, 0.5) is 14.6 Å². The summed E-state index contributed by atoms with van der Waals surface area (Å²) in [6.07, 6.45) is -2.81. The van der Waals surface area contributed by atoms with E-state index in [-0.39, 0.29) is 17.4 Å². The van der Waals surface area contributed by atoms with Crippen LogP contribution in [0, 0.1) is 5.92 Å². The second kappa shape index (κ2) is 5.35. The fourth-order valence-electron chi connectivity index (χ4n) is 1.69. The number of hydrogen-bond acceptors (Lipinski definition) is 5. The SMILES string of the molecule is CC(C)[C@@H](Nc1ccc2nnc(C(F)F)n2n1)C(=O)O. The Morgan fingerprint density at radius 3 is 2.60 bits per heavy atom. The molecule has 0 radical (unpaired) electrons. The van der Waals surface area contributed by atoms with E-state index < -0.39 is 24.3 Å². The lowest BCUT2D eigenvalue weighted by molar-refractivity contribution is -0.138. The Morgan fingerprint density at radius 2 is 2.05 bits per heavy atom. The first-order valence-electron chi connectivity index (χ1n) is 5.90. The van der Waals surface area contributed by atoms with Crippen LogP contribution in [-0.4, -0.2) is 36.9 Å². The van der Waals surface area contributed by atoms with Crippen LogP contribution < -0.4 is 5.32 Å². The molecular weight excluding hydrogens is 272 g/mol.